The zero-order valence-corrected chi connectivity index (χ0v) is 18.3. The fourth-order valence-electron chi connectivity index (χ4n) is 4.38. The Balaban J connectivity index is 1.55. The minimum absolute atomic E-state index is 0.112. The lowest BCUT2D eigenvalue weighted by Crippen LogP contribution is -2.36. The molecule has 2 heterocycles. The molecule has 0 fully saturated rings. The molecule has 2 aliphatic rings. The average Bonchev–Trinajstić information content (AvgIpc) is 3.13. The van der Waals surface area contributed by atoms with Crippen molar-refractivity contribution in [1.29, 1.82) is 0 Å². The monoisotopic (exact) mass is 432 g/mol. The molecule has 1 atom stereocenters. The van der Waals surface area contributed by atoms with Crippen LogP contribution in [0.1, 0.15) is 43.9 Å². The lowest BCUT2D eigenvalue weighted by molar-refractivity contribution is -0.118. The van der Waals surface area contributed by atoms with Gasteiger partial charge in [0.2, 0.25) is 11.1 Å². The van der Waals surface area contributed by atoms with Gasteiger partial charge in [-0.1, -0.05) is 68.1 Å². The number of hydrogen-bond donors (Lipinski definition) is 2. The van der Waals surface area contributed by atoms with Crippen LogP contribution in [-0.4, -0.2) is 25.7 Å². The number of fused-ring (bicyclic) bond motifs is 1. The number of thioether (sulfide) groups is 1. The van der Waals surface area contributed by atoms with E-state index >= 15 is 0 Å². The Morgan fingerprint density at radius 1 is 1.16 bits per heavy atom. The molecular formula is C24H24N4O2S. The Morgan fingerprint density at radius 2 is 1.97 bits per heavy atom. The Labute approximate surface area is 185 Å². The van der Waals surface area contributed by atoms with E-state index in [1.165, 1.54) is 5.56 Å². The third-order valence-corrected chi connectivity index (χ3v) is 6.62. The molecule has 3 aromatic rings. The summed E-state index contributed by atoms with van der Waals surface area (Å²) in [7, 11) is 0. The van der Waals surface area contributed by atoms with Gasteiger partial charge in [-0.15, -0.1) is 5.10 Å². The van der Waals surface area contributed by atoms with Crippen LogP contribution in [0.3, 0.4) is 0 Å². The second-order valence-electron chi connectivity index (χ2n) is 8.89. The summed E-state index contributed by atoms with van der Waals surface area (Å²) in [5.74, 6) is 1.68. The number of aromatic hydroxyl groups is 1. The zero-order chi connectivity index (χ0) is 21.6. The second-order valence-corrected chi connectivity index (χ2v) is 9.84. The molecule has 158 valence electrons. The number of phenols is 1. The van der Waals surface area contributed by atoms with Crippen molar-refractivity contribution >= 4 is 23.5 Å². The summed E-state index contributed by atoms with van der Waals surface area (Å²) in [6, 6.07) is 16.9. The van der Waals surface area contributed by atoms with E-state index in [1.807, 2.05) is 24.3 Å². The molecule has 0 amide bonds. The summed E-state index contributed by atoms with van der Waals surface area (Å²) in [5.41, 5.74) is 3.55. The number of aromatic nitrogens is 3. The first-order valence-corrected chi connectivity index (χ1v) is 11.3. The molecule has 1 unspecified atom stereocenters. The van der Waals surface area contributed by atoms with Gasteiger partial charge in [-0.3, -0.25) is 4.79 Å². The number of Topliss-reactive ketones (excluding diaryl/α,β-unsaturated/α-hetero) is 1. The topological polar surface area (TPSA) is 80.0 Å². The van der Waals surface area contributed by atoms with Crippen LogP contribution in [0.25, 0.3) is 0 Å². The van der Waals surface area contributed by atoms with Gasteiger partial charge in [-0.25, -0.2) is 4.68 Å². The third-order valence-electron chi connectivity index (χ3n) is 5.71. The van der Waals surface area contributed by atoms with Gasteiger partial charge in [0, 0.05) is 23.4 Å². The van der Waals surface area contributed by atoms with Crippen LogP contribution < -0.4 is 5.32 Å². The van der Waals surface area contributed by atoms with Gasteiger partial charge in [-0.05, 0) is 35.1 Å². The lowest BCUT2D eigenvalue weighted by atomic mass is 9.73. The molecule has 1 aliphatic carbocycles. The molecule has 0 radical (unpaired) electrons. The fourth-order valence-corrected chi connectivity index (χ4v) is 5.16. The van der Waals surface area contributed by atoms with Crippen molar-refractivity contribution in [2.75, 3.05) is 5.32 Å². The van der Waals surface area contributed by atoms with Gasteiger partial charge in [-0.2, -0.15) is 4.98 Å². The second kappa shape index (κ2) is 7.57. The van der Waals surface area contributed by atoms with Crippen LogP contribution in [0.15, 0.2) is 71.0 Å². The quantitative estimate of drug-likeness (QED) is 0.569. The highest BCUT2D eigenvalue weighted by atomic mass is 32.2. The summed E-state index contributed by atoms with van der Waals surface area (Å²) in [6.45, 7) is 4.22. The Morgan fingerprint density at radius 3 is 2.74 bits per heavy atom. The van der Waals surface area contributed by atoms with E-state index in [0.29, 0.717) is 17.5 Å². The van der Waals surface area contributed by atoms with Gasteiger partial charge in [0.05, 0.1) is 0 Å². The molecule has 0 bridgehead atoms. The smallest absolute Gasteiger partial charge is 0.227 e. The van der Waals surface area contributed by atoms with Gasteiger partial charge in [0.15, 0.2) is 5.78 Å². The number of ketones is 1. The number of benzene rings is 2. The van der Waals surface area contributed by atoms with Gasteiger partial charge >= 0.3 is 0 Å². The number of hydrogen-bond acceptors (Lipinski definition) is 6. The highest BCUT2D eigenvalue weighted by Crippen LogP contribution is 2.46. The van der Waals surface area contributed by atoms with E-state index in [2.05, 4.69) is 31.3 Å². The summed E-state index contributed by atoms with van der Waals surface area (Å²) in [6.07, 6.45) is 1.26. The summed E-state index contributed by atoms with van der Waals surface area (Å²) in [4.78, 5) is 17.9. The van der Waals surface area contributed by atoms with E-state index in [0.717, 1.165) is 29.0 Å². The molecule has 2 aromatic carbocycles. The van der Waals surface area contributed by atoms with Crippen LogP contribution in [0.5, 0.6) is 5.75 Å². The molecule has 1 aliphatic heterocycles. The van der Waals surface area contributed by atoms with E-state index in [4.69, 9.17) is 10.1 Å². The molecular weight excluding hydrogens is 408 g/mol. The van der Waals surface area contributed by atoms with Crippen LogP contribution in [-0.2, 0) is 10.5 Å². The summed E-state index contributed by atoms with van der Waals surface area (Å²) in [5, 5.41) is 18.9. The van der Waals surface area contributed by atoms with Crippen molar-refractivity contribution in [2.45, 2.75) is 43.6 Å². The largest absolute Gasteiger partial charge is 0.508 e. The van der Waals surface area contributed by atoms with Crippen molar-refractivity contribution in [3.63, 3.8) is 0 Å². The van der Waals surface area contributed by atoms with E-state index in [-0.39, 0.29) is 16.9 Å². The van der Waals surface area contributed by atoms with Gasteiger partial charge in [0.25, 0.3) is 0 Å². The molecule has 1 aromatic heterocycles. The highest BCUT2D eigenvalue weighted by Gasteiger charge is 2.41. The fraction of sp³-hybridized carbons (Fsp3) is 0.292. The SMILES string of the molecule is CC1(C)CC(=O)C2=C(C1)Nc1nc(SCc3ccccc3)nn1C2c1cccc(O)c1. The predicted molar refractivity (Wildman–Crippen MR) is 121 cm³/mol. The molecule has 0 saturated carbocycles. The molecule has 5 rings (SSSR count). The Hall–Kier alpha value is -3.06. The maximum Gasteiger partial charge on any atom is 0.227 e. The van der Waals surface area contributed by atoms with E-state index in [1.54, 1.807) is 34.6 Å². The maximum atomic E-state index is 13.2. The van der Waals surface area contributed by atoms with Crippen molar-refractivity contribution in [3.8, 4) is 5.75 Å². The molecule has 0 spiro atoms. The van der Waals surface area contributed by atoms with Crippen molar-refractivity contribution in [1.82, 2.24) is 14.8 Å². The molecule has 31 heavy (non-hydrogen) atoms. The molecule has 7 heteroatoms. The first kappa shape index (κ1) is 19.9. The average molecular weight is 433 g/mol. The van der Waals surface area contributed by atoms with Crippen LogP contribution in [0, 0.1) is 5.41 Å². The van der Waals surface area contributed by atoms with E-state index < -0.39 is 6.04 Å². The standard InChI is InChI=1S/C24H24N4O2S/c1-24(2)12-18-20(19(30)13-24)21(16-9-6-10-17(29)11-16)28-22(25-18)26-23(27-28)31-14-15-7-4-3-5-8-15/h3-11,21,29H,12-14H2,1-2H3,(H,25,26,27). The maximum absolute atomic E-state index is 13.2. The molecule has 2 N–H and O–H groups in total. The molecule has 0 saturated heterocycles. The minimum Gasteiger partial charge on any atom is -0.508 e. The van der Waals surface area contributed by atoms with E-state index in [9.17, 15) is 9.90 Å². The van der Waals surface area contributed by atoms with Gasteiger partial charge < -0.3 is 10.4 Å². The normalized spacial score (nSPS) is 19.5. The van der Waals surface area contributed by atoms with Crippen molar-refractivity contribution in [3.05, 3.63) is 77.0 Å². The number of nitrogens with one attached hydrogen (secondary N) is 1. The van der Waals surface area contributed by atoms with Crippen LogP contribution >= 0.6 is 11.8 Å². The first-order valence-electron chi connectivity index (χ1n) is 10.4. The Bertz CT molecular complexity index is 1180. The van der Waals surface area contributed by atoms with Crippen LogP contribution in [0.2, 0.25) is 0 Å². The predicted octanol–water partition coefficient (Wildman–Crippen LogP) is 4.93. The number of phenolic OH excluding ortho intramolecular Hbond substituents is 1. The Kier molecular flexibility index (Phi) is 4.85. The van der Waals surface area contributed by atoms with Crippen molar-refractivity contribution < 1.29 is 9.90 Å². The first-order chi connectivity index (χ1) is 14.9. The van der Waals surface area contributed by atoms with Crippen molar-refractivity contribution in [2.24, 2.45) is 5.41 Å². The highest BCUT2D eigenvalue weighted by molar-refractivity contribution is 7.98. The van der Waals surface area contributed by atoms with Crippen LogP contribution in [0.4, 0.5) is 5.95 Å². The minimum atomic E-state index is -0.402. The third kappa shape index (κ3) is 3.85. The molecule has 6 nitrogen and oxygen atoms in total. The number of nitrogens with zero attached hydrogens (tertiary/aromatic N) is 3. The number of allylic oxidation sites excluding steroid dienone is 2. The number of anilines is 1. The number of carbonyl (C=O) groups excluding carboxylic acids is 1. The number of rotatable bonds is 4. The summed E-state index contributed by atoms with van der Waals surface area (Å²) < 4.78 is 1.79. The number of carbonyl (C=O) groups is 1. The summed E-state index contributed by atoms with van der Waals surface area (Å²) >= 11 is 1.57. The van der Waals surface area contributed by atoms with Gasteiger partial charge in [0.1, 0.15) is 11.8 Å². The lowest BCUT2D eigenvalue weighted by Gasteiger charge is -2.38. The zero-order valence-electron chi connectivity index (χ0n) is 17.5.